The highest BCUT2D eigenvalue weighted by molar-refractivity contribution is 6.04. The zero-order valence-corrected chi connectivity index (χ0v) is 11.3. The molecule has 1 amide bonds. The Morgan fingerprint density at radius 1 is 1.60 bits per heavy atom. The first kappa shape index (κ1) is 13.1. The topological polar surface area (TPSA) is 75.0 Å². The van der Waals surface area contributed by atoms with Gasteiger partial charge in [-0.3, -0.25) is 4.79 Å². The highest BCUT2D eigenvalue weighted by Crippen LogP contribution is 2.30. The number of fused-ring (bicyclic) bond motifs is 1. The Morgan fingerprint density at radius 3 is 3.10 bits per heavy atom. The van der Waals surface area contributed by atoms with Crippen LogP contribution in [0, 0.1) is 11.2 Å². The van der Waals surface area contributed by atoms with Gasteiger partial charge in [0.15, 0.2) is 0 Å². The number of nitrogens with one attached hydrogen (secondary N) is 1. The molecule has 1 fully saturated rings. The van der Waals surface area contributed by atoms with Crippen LogP contribution in [0.15, 0.2) is 18.5 Å². The number of H-pyrrole nitrogens is 1. The number of hydrogen-bond acceptors (Lipinski definition) is 3. The second-order valence-electron chi connectivity index (χ2n) is 5.74. The van der Waals surface area contributed by atoms with Crippen LogP contribution in [0.3, 0.4) is 0 Å². The lowest BCUT2D eigenvalue weighted by Gasteiger charge is -2.22. The van der Waals surface area contributed by atoms with Gasteiger partial charge >= 0.3 is 0 Å². The minimum absolute atomic E-state index is 0.0479. The Hall–Kier alpha value is -1.95. The van der Waals surface area contributed by atoms with Crippen LogP contribution in [0.1, 0.15) is 23.7 Å². The molecule has 0 radical (unpaired) electrons. The number of carbonyl (C=O) groups is 1. The van der Waals surface area contributed by atoms with Gasteiger partial charge < -0.3 is 15.6 Å². The van der Waals surface area contributed by atoms with Gasteiger partial charge in [0.25, 0.3) is 5.91 Å². The maximum atomic E-state index is 13.6. The highest BCUT2D eigenvalue weighted by Gasteiger charge is 2.35. The van der Waals surface area contributed by atoms with Crippen molar-refractivity contribution in [2.24, 2.45) is 11.1 Å². The van der Waals surface area contributed by atoms with E-state index in [4.69, 9.17) is 5.73 Å². The van der Waals surface area contributed by atoms with E-state index in [1.165, 1.54) is 18.5 Å². The van der Waals surface area contributed by atoms with Crippen LogP contribution in [0.2, 0.25) is 0 Å². The smallest absolute Gasteiger partial charge is 0.256 e. The molecule has 1 aromatic carbocycles. The molecule has 1 aliphatic rings. The van der Waals surface area contributed by atoms with Gasteiger partial charge in [0, 0.05) is 13.1 Å². The minimum Gasteiger partial charge on any atom is -0.344 e. The average molecular weight is 276 g/mol. The van der Waals surface area contributed by atoms with Crippen LogP contribution in [0.4, 0.5) is 4.39 Å². The third-order valence-corrected chi connectivity index (χ3v) is 4.06. The van der Waals surface area contributed by atoms with E-state index >= 15 is 0 Å². The number of amides is 1. The van der Waals surface area contributed by atoms with Crippen LogP contribution in [-0.2, 0) is 0 Å². The molecule has 0 aliphatic carbocycles. The second kappa shape index (κ2) is 4.56. The van der Waals surface area contributed by atoms with Crippen molar-refractivity contribution in [3.05, 3.63) is 29.8 Å². The summed E-state index contributed by atoms with van der Waals surface area (Å²) >= 11 is 0. The number of nitrogens with two attached hydrogens (primary N) is 1. The molecule has 1 aromatic heterocycles. The zero-order valence-electron chi connectivity index (χ0n) is 11.3. The molecule has 0 spiro atoms. The third kappa shape index (κ3) is 2.06. The summed E-state index contributed by atoms with van der Waals surface area (Å²) in [5.74, 6) is -0.621. The number of rotatable bonds is 2. The van der Waals surface area contributed by atoms with E-state index in [-0.39, 0.29) is 11.3 Å². The van der Waals surface area contributed by atoms with Crippen molar-refractivity contribution < 1.29 is 9.18 Å². The van der Waals surface area contributed by atoms with E-state index in [0.717, 1.165) is 6.42 Å². The summed E-state index contributed by atoms with van der Waals surface area (Å²) in [6.07, 6.45) is 2.34. The average Bonchev–Trinajstić information content (AvgIpc) is 3.04. The number of benzene rings is 1. The summed E-state index contributed by atoms with van der Waals surface area (Å²) in [5, 5.41) is 0. The van der Waals surface area contributed by atoms with E-state index in [1.807, 2.05) is 0 Å². The van der Waals surface area contributed by atoms with Crippen LogP contribution in [0.5, 0.6) is 0 Å². The summed E-state index contributed by atoms with van der Waals surface area (Å²) in [4.78, 5) is 21.3. The quantitative estimate of drug-likeness (QED) is 0.873. The fourth-order valence-electron chi connectivity index (χ4n) is 2.71. The van der Waals surface area contributed by atoms with E-state index in [0.29, 0.717) is 36.2 Å². The molecule has 5 nitrogen and oxygen atoms in total. The molecule has 6 heteroatoms. The maximum absolute atomic E-state index is 13.6. The molecule has 106 valence electrons. The number of imidazole rings is 1. The van der Waals surface area contributed by atoms with Gasteiger partial charge in [0.1, 0.15) is 11.3 Å². The molecule has 3 rings (SSSR count). The van der Waals surface area contributed by atoms with Crippen molar-refractivity contribution >= 4 is 16.9 Å². The van der Waals surface area contributed by atoms with E-state index in [2.05, 4.69) is 16.9 Å². The molecule has 0 bridgehead atoms. The molecule has 3 N–H and O–H groups in total. The fourth-order valence-corrected chi connectivity index (χ4v) is 2.71. The lowest BCUT2D eigenvalue weighted by molar-refractivity contribution is 0.0778. The summed E-state index contributed by atoms with van der Waals surface area (Å²) in [5.41, 5.74) is 7.06. The predicted octanol–water partition coefficient (Wildman–Crippen LogP) is 1.51. The van der Waals surface area contributed by atoms with Crippen LogP contribution in [0.25, 0.3) is 11.0 Å². The fraction of sp³-hybridized carbons (Fsp3) is 0.429. The summed E-state index contributed by atoms with van der Waals surface area (Å²) in [6, 6.07) is 2.59. The first-order valence-electron chi connectivity index (χ1n) is 6.64. The first-order chi connectivity index (χ1) is 9.52. The van der Waals surface area contributed by atoms with Crippen LogP contribution in [-0.4, -0.2) is 40.4 Å². The summed E-state index contributed by atoms with van der Waals surface area (Å²) in [7, 11) is 0. The number of nitrogens with zero attached hydrogens (tertiary/aromatic N) is 2. The molecule has 2 heterocycles. The minimum atomic E-state index is -0.439. The second-order valence-corrected chi connectivity index (χ2v) is 5.74. The van der Waals surface area contributed by atoms with Gasteiger partial charge in [0.2, 0.25) is 0 Å². The first-order valence-corrected chi connectivity index (χ1v) is 6.64. The predicted molar refractivity (Wildman–Crippen MR) is 73.7 cm³/mol. The maximum Gasteiger partial charge on any atom is 0.256 e. The van der Waals surface area contributed by atoms with Crippen molar-refractivity contribution in [3.8, 4) is 0 Å². The summed E-state index contributed by atoms with van der Waals surface area (Å²) in [6.45, 7) is 3.85. The van der Waals surface area contributed by atoms with E-state index < -0.39 is 5.82 Å². The van der Waals surface area contributed by atoms with Gasteiger partial charge in [-0.15, -0.1) is 0 Å². The molecule has 0 saturated carbocycles. The van der Waals surface area contributed by atoms with E-state index in [1.54, 1.807) is 4.90 Å². The molecular formula is C14H17FN4O. The third-order valence-electron chi connectivity index (χ3n) is 4.06. The number of hydrogen-bond donors (Lipinski definition) is 2. The molecule has 1 saturated heterocycles. The Labute approximate surface area is 116 Å². The Bertz CT molecular complexity index is 668. The molecule has 1 unspecified atom stereocenters. The van der Waals surface area contributed by atoms with Gasteiger partial charge in [-0.25, -0.2) is 9.37 Å². The molecular weight excluding hydrogens is 259 g/mol. The molecule has 1 atom stereocenters. The number of likely N-dealkylation sites (tertiary alicyclic amines) is 1. The normalized spacial score (nSPS) is 22.6. The standard InChI is InChI=1S/C14H17FN4O/c1-14(6-16)2-3-19(7-14)13(20)10-4-9(15)5-11-12(10)18-8-17-11/h4-5,8H,2-3,6-7,16H2,1H3,(H,17,18). The van der Waals surface area contributed by atoms with E-state index in [9.17, 15) is 9.18 Å². The molecule has 2 aromatic rings. The number of carbonyl (C=O) groups excluding carboxylic acids is 1. The van der Waals surface area contributed by atoms with Gasteiger partial charge in [-0.1, -0.05) is 6.92 Å². The van der Waals surface area contributed by atoms with Crippen molar-refractivity contribution in [3.63, 3.8) is 0 Å². The Morgan fingerprint density at radius 2 is 2.40 bits per heavy atom. The number of aromatic nitrogens is 2. The van der Waals surface area contributed by atoms with Crippen LogP contribution >= 0.6 is 0 Å². The zero-order chi connectivity index (χ0) is 14.3. The summed E-state index contributed by atoms with van der Waals surface area (Å²) < 4.78 is 13.6. The van der Waals surface area contributed by atoms with Crippen LogP contribution < -0.4 is 5.73 Å². The lowest BCUT2D eigenvalue weighted by Crippen LogP contribution is -2.34. The van der Waals surface area contributed by atoms with Crippen molar-refractivity contribution in [2.75, 3.05) is 19.6 Å². The molecule has 1 aliphatic heterocycles. The number of aromatic amines is 1. The Balaban J connectivity index is 1.95. The largest absolute Gasteiger partial charge is 0.344 e. The SMILES string of the molecule is CC1(CN)CCN(C(=O)c2cc(F)cc3[nH]cnc23)C1. The van der Waals surface area contributed by atoms with Gasteiger partial charge in [-0.05, 0) is 30.5 Å². The van der Waals surface area contributed by atoms with Gasteiger partial charge in [0.05, 0.1) is 17.4 Å². The monoisotopic (exact) mass is 276 g/mol. The van der Waals surface area contributed by atoms with Crippen molar-refractivity contribution in [2.45, 2.75) is 13.3 Å². The molecule has 20 heavy (non-hydrogen) atoms. The highest BCUT2D eigenvalue weighted by atomic mass is 19.1. The van der Waals surface area contributed by atoms with Crippen molar-refractivity contribution in [1.82, 2.24) is 14.9 Å². The number of halogens is 1. The van der Waals surface area contributed by atoms with Gasteiger partial charge in [-0.2, -0.15) is 0 Å². The van der Waals surface area contributed by atoms with Crippen molar-refractivity contribution in [1.29, 1.82) is 0 Å². The Kier molecular flexibility index (Phi) is 2.97. The lowest BCUT2D eigenvalue weighted by atomic mass is 9.90.